The molecule has 0 fully saturated rings. The van der Waals surface area contributed by atoms with Crippen molar-refractivity contribution < 1.29 is 8.78 Å². The molecule has 0 aromatic carbocycles. The summed E-state index contributed by atoms with van der Waals surface area (Å²) >= 11 is 0. The summed E-state index contributed by atoms with van der Waals surface area (Å²) in [6.07, 6.45) is -1.33. The first-order chi connectivity index (χ1) is 5.15. The Morgan fingerprint density at radius 3 is 1.75 bits per heavy atom. The van der Waals surface area contributed by atoms with Gasteiger partial charge in [-0.1, -0.05) is 20.8 Å². The molecule has 0 aliphatic rings. The van der Waals surface area contributed by atoms with Crippen molar-refractivity contribution in [1.29, 1.82) is 0 Å². The van der Waals surface area contributed by atoms with Gasteiger partial charge in [0, 0.05) is 0 Å². The van der Waals surface area contributed by atoms with Crippen LogP contribution in [0.3, 0.4) is 0 Å². The molecular formula is C9H19F2N. The van der Waals surface area contributed by atoms with Gasteiger partial charge in [0.15, 0.2) is 0 Å². The fourth-order valence-electron chi connectivity index (χ4n) is 0.753. The first kappa shape index (κ1) is 11.8. The van der Waals surface area contributed by atoms with Gasteiger partial charge in [-0.05, 0) is 25.2 Å². The standard InChI is InChI=1S/C9H19F2N/c1-8(2,3)5-6-9(4,12)7(10)11/h7H,5-6,12H2,1-4H3. The number of rotatable bonds is 3. The number of hydrogen-bond donors (Lipinski definition) is 1. The lowest BCUT2D eigenvalue weighted by Crippen LogP contribution is -2.44. The minimum atomic E-state index is -2.43. The monoisotopic (exact) mass is 179 g/mol. The van der Waals surface area contributed by atoms with E-state index in [-0.39, 0.29) is 5.41 Å². The molecule has 0 saturated carbocycles. The normalized spacial score (nSPS) is 18.0. The summed E-state index contributed by atoms with van der Waals surface area (Å²) in [6.45, 7) is 7.47. The van der Waals surface area contributed by atoms with Crippen LogP contribution in [0.25, 0.3) is 0 Å². The maximum absolute atomic E-state index is 12.3. The Bertz CT molecular complexity index is 136. The molecule has 1 nitrogen and oxygen atoms in total. The second-order valence-electron chi connectivity index (χ2n) is 4.87. The highest BCUT2D eigenvalue weighted by atomic mass is 19.3. The van der Waals surface area contributed by atoms with Crippen molar-refractivity contribution in [2.75, 3.05) is 0 Å². The van der Waals surface area contributed by atoms with Gasteiger partial charge in [-0.15, -0.1) is 0 Å². The number of hydrogen-bond acceptors (Lipinski definition) is 1. The van der Waals surface area contributed by atoms with Crippen LogP contribution in [-0.2, 0) is 0 Å². The molecular weight excluding hydrogens is 160 g/mol. The Labute approximate surface area is 73.3 Å². The average Bonchev–Trinajstić information content (AvgIpc) is 1.82. The van der Waals surface area contributed by atoms with Crippen LogP contribution in [0.5, 0.6) is 0 Å². The molecule has 0 aliphatic heterocycles. The van der Waals surface area contributed by atoms with E-state index < -0.39 is 12.0 Å². The van der Waals surface area contributed by atoms with Crippen molar-refractivity contribution in [2.45, 2.75) is 52.5 Å². The van der Waals surface area contributed by atoms with Gasteiger partial charge in [0.05, 0.1) is 5.54 Å². The highest BCUT2D eigenvalue weighted by molar-refractivity contribution is 4.83. The fraction of sp³-hybridized carbons (Fsp3) is 1.00. The van der Waals surface area contributed by atoms with Gasteiger partial charge >= 0.3 is 0 Å². The van der Waals surface area contributed by atoms with Crippen molar-refractivity contribution in [2.24, 2.45) is 11.1 Å². The zero-order valence-corrected chi connectivity index (χ0v) is 8.32. The van der Waals surface area contributed by atoms with E-state index in [0.717, 1.165) is 6.42 Å². The summed E-state index contributed by atoms with van der Waals surface area (Å²) in [6, 6.07) is 0. The highest BCUT2D eigenvalue weighted by Gasteiger charge is 2.31. The number of halogens is 2. The molecule has 0 rings (SSSR count). The van der Waals surface area contributed by atoms with Gasteiger partial charge < -0.3 is 5.73 Å². The molecule has 1 atom stereocenters. The summed E-state index contributed by atoms with van der Waals surface area (Å²) in [7, 11) is 0. The third-order valence-corrected chi connectivity index (χ3v) is 1.91. The summed E-state index contributed by atoms with van der Waals surface area (Å²) in [4.78, 5) is 0. The predicted molar refractivity (Wildman–Crippen MR) is 47.3 cm³/mol. The summed E-state index contributed by atoms with van der Waals surface area (Å²) in [5.41, 5.74) is 4.17. The Morgan fingerprint density at radius 2 is 1.50 bits per heavy atom. The van der Waals surface area contributed by atoms with Crippen molar-refractivity contribution in [3.8, 4) is 0 Å². The van der Waals surface area contributed by atoms with Crippen molar-refractivity contribution in [1.82, 2.24) is 0 Å². The molecule has 1 unspecified atom stereocenters. The smallest absolute Gasteiger partial charge is 0.255 e. The highest BCUT2D eigenvalue weighted by Crippen LogP contribution is 2.27. The largest absolute Gasteiger partial charge is 0.321 e. The van der Waals surface area contributed by atoms with Crippen LogP contribution in [-0.4, -0.2) is 12.0 Å². The van der Waals surface area contributed by atoms with Crippen LogP contribution in [0.1, 0.15) is 40.5 Å². The van der Waals surface area contributed by atoms with Crippen LogP contribution < -0.4 is 5.73 Å². The zero-order valence-electron chi connectivity index (χ0n) is 8.32. The number of nitrogens with two attached hydrogens (primary N) is 1. The second-order valence-corrected chi connectivity index (χ2v) is 4.87. The first-order valence-electron chi connectivity index (χ1n) is 4.22. The third-order valence-electron chi connectivity index (χ3n) is 1.91. The molecule has 0 aromatic rings. The third kappa shape index (κ3) is 4.65. The Balaban J connectivity index is 3.93. The quantitative estimate of drug-likeness (QED) is 0.708. The molecule has 3 heteroatoms. The van der Waals surface area contributed by atoms with Crippen LogP contribution in [0, 0.1) is 5.41 Å². The average molecular weight is 179 g/mol. The van der Waals surface area contributed by atoms with E-state index in [9.17, 15) is 8.78 Å². The number of alkyl halides is 2. The Hall–Kier alpha value is -0.180. The topological polar surface area (TPSA) is 26.0 Å². The molecule has 0 saturated heterocycles. The maximum atomic E-state index is 12.3. The van der Waals surface area contributed by atoms with Gasteiger partial charge in [0.1, 0.15) is 0 Å². The van der Waals surface area contributed by atoms with Gasteiger partial charge in [0.25, 0.3) is 6.43 Å². The molecule has 0 aromatic heterocycles. The first-order valence-corrected chi connectivity index (χ1v) is 4.22. The lowest BCUT2D eigenvalue weighted by atomic mass is 9.84. The minimum absolute atomic E-state index is 0.0789. The molecule has 0 spiro atoms. The van der Waals surface area contributed by atoms with E-state index >= 15 is 0 Å². The Kier molecular flexibility index (Phi) is 3.63. The van der Waals surface area contributed by atoms with Gasteiger partial charge in [0.2, 0.25) is 0 Å². The van der Waals surface area contributed by atoms with Crippen molar-refractivity contribution in [3.63, 3.8) is 0 Å². The van der Waals surface area contributed by atoms with E-state index in [1.807, 2.05) is 20.8 Å². The maximum Gasteiger partial charge on any atom is 0.255 e. The molecule has 0 heterocycles. The molecule has 0 bridgehead atoms. The van der Waals surface area contributed by atoms with Gasteiger partial charge in [-0.2, -0.15) is 0 Å². The van der Waals surface area contributed by atoms with Crippen LogP contribution >= 0.6 is 0 Å². The lowest BCUT2D eigenvalue weighted by Gasteiger charge is -2.27. The van der Waals surface area contributed by atoms with E-state index in [1.54, 1.807) is 0 Å². The van der Waals surface area contributed by atoms with E-state index in [1.165, 1.54) is 6.92 Å². The zero-order chi connectivity index (χ0) is 9.99. The minimum Gasteiger partial charge on any atom is -0.321 e. The predicted octanol–water partition coefficient (Wildman–Crippen LogP) is 2.80. The van der Waals surface area contributed by atoms with Gasteiger partial charge in [-0.25, -0.2) is 8.78 Å². The molecule has 0 amide bonds. The second kappa shape index (κ2) is 3.69. The molecule has 74 valence electrons. The van der Waals surface area contributed by atoms with Crippen LogP contribution in [0.4, 0.5) is 8.78 Å². The van der Waals surface area contributed by atoms with E-state index in [2.05, 4.69) is 0 Å². The summed E-state index contributed by atoms with van der Waals surface area (Å²) in [5, 5.41) is 0. The molecule has 0 radical (unpaired) electrons. The van der Waals surface area contributed by atoms with Crippen LogP contribution in [0.2, 0.25) is 0 Å². The molecule has 0 aliphatic carbocycles. The van der Waals surface area contributed by atoms with Crippen molar-refractivity contribution >= 4 is 0 Å². The van der Waals surface area contributed by atoms with Gasteiger partial charge in [-0.3, -0.25) is 0 Å². The Morgan fingerprint density at radius 1 is 1.08 bits per heavy atom. The van der Waals surface area contributed by atoms with E-state index in [0.29, 0.717) is 6.42 Å². The van der Waals surface area contributed by atoms with Crippen LogP contribution in [0.15, 0.2) is 0 Å². The van der Waals surface area contributed by atoms with Crippen molar-refractivity contribution in [3.05, 3.63) is 0 Å². The summed E-state index contributed by atoms with van der Waals surface area (Å²) < 4.78 is 24.5. The molecule has 2 N–H and O–H groups in total. The SMILES string of the molecule is CC(C)(C)CCC(C)(N)C(F)F. The lowest BCUT2D eigenvalue weighted by molar-refractivity contribution is 0.0524. The van der Waals surface area contributed by atoms with E-state index in [4.69, 9.17) is 5.73 Å². The fourth-order valence-corrected chi connectivity index (χ4v) is 0.753. The summed E-state index contributed by atoms with van der Waals surface area (Å²) in [5.74, 6) is 0. The molecule has 12 heavy (non-hydrogen) atoms.